The van der Waals surface area contributed by atoms with E-state index < -0.39 is 0 Å². The summed E-state index contributed by atoms with van der Waals surface area (Å²) in [6.45, 7) is 2.91. The Labute approximate surface area is 127 Å². The van der Waals surface area contributed by atoms with Crippen molar-refractivity contribution in [2.24, 2.45) is 0 Å². The third kappa shape index (κ3) is 3.55. The molecule has 0 aromatic carbocycles. The fourth-order valence-corrected chi connectivity index (χ4v) is 2.66. The number of nitrogens with zero attached hydrogens (tertiary/aromatic N) is 3. The molecular weight excluding hydrogens is 286 g/mol. The highest BCUT2D eigenvalue weighted by Gasteiger charge is 2.26. The van der Waals surface area contributed by atoms with Gasteiger partial charge in [-0.05, 0) is 31.4 Å². The van der Waals surface area contributed by atoms with Gasteiger partial charge in [0.1, 0.15) is 5.82 Å². The van der Waals surface area contributed by atoms with Crippen LogP contribution in [0.25, 0.3) is 0 Å². The predicted molar refractivity (Wildman–Crippen MR) is 82.9 cm³/mol. The Hall–Kier alpha value is -2.02. The summed E-state index contributed by atoms with van der Waals surface area (Å²) < 4.78 is 0. The van der Waals surface area contributed by atoms with Gasteiger partial charge in [-0.25, -0.2) is 4.98 Å². The second-order valence-electron chi connectivity index (χ2n) is 5.04. The lowest BCUT2D eigenvalue weighted by Gasteiger charge is -2.03. The lowest BCUT2D eigenvalue weighted by molar-refractivity contribution is 0.102. The number of carbonyl (C=O) groups excluding carboxylic acids is 1. The number of nitrogens with one attached hydrogen (secondary N) is 2. The summed E-state index contributed by atoms with van der Waals surface area (Å²) in [7, 11) is 0. The average Bonchev–Trinajstić information content (AvgIpc) is 3.26. The van der Waals surface area contributed by atoms with E-state index in [1.807, 2.05) is 5.38 Å². The van der Waals surface area contributed by atoms with Crippen LogP contribution in [0.2, 0.25) is 0 Å². The van der Waals surface area contributed by atoms with Crippen molar-refractivity contribution >= 4 is 28.2 Å². The van der Waals surface area contributed by atoms with Gasteiger partial charge in [0.15, 0.2) is 10.8 Å². The van der Waals surface area contributed by atoms with Crippen LogP contribution < -0.4 is 10.6 Å². The smallest absolute Gasteiger partial charge is 0.277 e. The summed E-state index contributed by atoms with van der Waals surface area (Å²) in [6.07, 6.45) is 3.42. The van der Waals surface area contributed by atoms with Crippen LogP contribution in [-0.2, 0) is 0 Å². The molecule has 0 saturated heterocycles. The largest absolute Gasteiger partial charge is 0.369 e. The van der Waals surface area contributed by atoms with Gasteiger partial charge in [0, 0.05) is 17.8 Å². The molecule has 2 aromatic heterocycles. The molecule has 1 aliphatic carbocycles. The van der Waals surface area contributed by atoms with E-state index in [2.05, 4.69) is 32.7 Å². The molecule has 0 aliphatic heterocycles. The highest BCUT2D eigenvalue weighted by atomic mass is 32.1. The Morgan fingerprint density at radius 2 is 2.24 bits per heavy atom. The Kier molecular flexibility index (Phi) is 4.10. The summed E-state index contributed by atoms with van der Waals surface area (Å²) in [4.78, 5) is 16.5. The third-order valence-corrected chi connectivity index (χ3v) is 3.97. The van der Waals surface area contributed by atoms with Gasteiger partial charge in [0.2, 0.25) is 0 Å². The van der Waals surface area contributed by atoms with E-state index in [1.54, 1.807) is 12.1 Å². The third-order valence-electron chi connectivity index (χ3n) is 3.19. The SMILES string of the molecule is CCCNc1ccc(C(=O)Nc2nc(C3CC3)cs2)nn1. The van der Waals surface area contributed by atoms with E-state index >= 15 is 0 Å². The maximum atomic E-state index is 12.1. The van der Waals surface area contributed by atoms with Crippen LogP contribution >= 0.6 is 11.3 Å². The molecule has 0 bridgehead atoms. The number of anilines is 2. The summed E-state index contributed by atoms with van der Waals surface area (Å²) in [5.41, 5.74) is 1.38. The fraction of sp³-hybridized carbons (Fsp3) is 0.429. The molecule has 0 spiro atoms. The monoisotopic (exact) mass is 303 g/mol. The zero-order chi connectivity index (χ0) is 14.7. The van der Waals surface area contributed by atoms with Gasteiger partial charge in [0.05, 0.1) is 5.69 Å². The van der Waals surface area contributed by atoms with Gasteiger partial charge in [-0.15, -0.1) is 21.5 Å². The Bertz CT molecular complexity index is 621. The van der Waals surface area contributed by atoms with Gasteiger partial charge in [-0.1, -0.05) is 6.92 Å². The minimum Gasteiger partial charge on any atom is -0.369 e. The summed E-state index contributed by atoms with van der Waals surface area (Å²) >= 11 is 1.45. The van der Waals surface area contributed by atoms with E-state index in [1.165, 1.54) is 24.2 Å². The van der Waals surface area contributed by atoms with E-state index in [0.29, 0.717) is 22.6 Å². The van der Waals surface area contributed by atoms with Crippen molar-refractivity contribution < 1.29 is 4.79 Å². The molecule has 1 fully saturated rings. The molecule has 2 aromatic rings. The molecule has 0 atom stereocenters. The molecule has 7 heteroatoms. The Morgan fingerprint density at radius 3 is 2.90 bits per heavy atom. The van der Waals surface area contributed by atoms with Gasteiger partial charge in [-0.3, -0.25) is 10.1 Å². The number of hydrogen-bond acceptors (Lipinski definition) is 6. The first-order valence-electron chi connectivity index (χ1n) is 7.10. The molecule has 21 heavy (non-hydrogen) atoms. The predicted octanol–water partition coefficient (Wildman–Crippen LogP) is 2.88. The van der Waals surface area contributed by atoms with Crippen LogP contribution in [-0.4, -0.2) is 27.6 Å². The average molecular weight is 303 g/mol. The van der Waals surface area contributed by atoms with Crippen LogP contribution in [0.3, 0.4) is 0 Å². The van der Waals surface area contributed by atoms with Crippen molar-refractivity contribution in [2.45, 2.75) is 32.1 Å². The number of amides is 1. The lowest BCUT2D eigenvalue weighted by Crippen LogP contribution is -2.15. The van der Waals surface area contributed by atoms with Crippen LogP contribution in [0.4, 0.5) is 10.9 Å². The second kappa shape index (κ2) is 6.17. The highest BCUT2D eigenvalue weighted by Crippen LogP contribution is 2.40. The number of thiazole rings is 1. The van der Waals surface area contributed by atoms with Crippen LogP contribution in [0.1, 0.15) is 48.3 Å². The van der Waals surface area contributed by atoms with Crippen LogP contribution in [0.15, 0.2) is 17.5 Å². The molecule has 2 N–H and O–H groups in total. The van der Waals surface area contributed by atoms with Gasteiger partial charge < -0.3 is 5.32 Å². The first kappa shape index (κ1) is 13.9. The topological polar surface area (TPSA) is 79.8 Å². The normalized spacial score (nSPS) is 14.0. The molecule has 1 aliphatic rings. The van der Waals surface area contributed by atoms with E-state index in [9.17, 15) is 4.79 Å². The zero-order valence-electron chi connectivity index (χ0n) is 11.8. The van der Waals surface area contributed by atoms with Crippen molar-refractivity contribution in [1.82, 2.24) is 15.2 Å². The van der Waals surface area contributed by atoms with E-state index in [4.69, 9.17) is 0 Å². The van der Waals surface area contributed by atoms with Crippen molar-refractivity contribution in [1.29, 1.82) is 0 Å². The number of rotatable bonds is 6. The minimum absolute atomic E-state index is 0.277. The molecule has 110 valence electrons. The van der Waals surface area contributed by atoms with E-state index in [0.717, 1.165) is 18.7 Å². The standard InChI is InChI=1S/C14H17N5OS/c1-2-7-15-12-6-5-10(18-19-12)13(20)17-14-16-11(8-21-14)9-3-4-9/h5-6,8-9H,2-4,7H2,1H3,(H,15,19)(H,16,17,20). The number of hydrogen-bond donors (Lipinski definition) is 2. The van der Waals surface area contributed by atoms with Gasteiger partial charge >= 0.3 is 0 Å². The number of carbonyl (C=O) groups is 1. The summed E-state index contributed by atoms with van der Waals surface area (Å²) in [5.74, 6) is 0.996. The summed E-state index contributed by atoms with van der Waals surface area (Å²) in [6, 6.07) is 3.42. The molecule has 0 radical (unpaired) electrons. The van der Waals surface area contributed by atoms with Crippen molar-refractivity contribution in [3.05, 3.63) is 28.9 Å². The first-order valence-corrected chi connectivity index (χ1v) is 7.98. The zero-order valence-corrected chi connectivity index (χ0v) is 12.6. The van der Waals surface area contributed by atoms with Gasteiger partial charge in [0.25, 0.3) is 5.91 Å². The van der Waals surface area contributed by atoms with Crippen molar-refractivity contribution in [2.75, 3.05) is 17.2 Å². The molecule has 2 heterocycles. The second-order valence-corrected chi connectivity index (χ2v) is 5.89. The van der Waals surface area contributed by atoms with Gasteiger partial charge in [-0.2, -0.15) is 0 Å². The molecule has 1 amide bonds. The Morgan fingerprint density at radius 1 is 1.38 bits per heavy atom. The quantitative estimate of drug-likeness (QED) is 0.857. The Balaban J connectivity index is 1.61. The van der Waals surface area contributed by atoms with Crippen LogP contribution in [0.5, 0.6) is 0 Å². The van der Waals surface area contributed by atoms with Crippen LogP contribution in [0, 0.1) is 0 Å². The minimum atomic E-state index is -0.277. The maximum absolute atomic E-state index is 12.1. The molecule has 6 nitrogen and oxygen atoms in total. The molecular formula is C14H17N5OS. The molecule has 1 saturated carbocycles. The first-order chi connectivity index (χ1) is 10.3. The highest BCUT2D eigenvalue weighted by molar-refractivity contribution is 7.14. The van der Waals surface area contributed by atoms with E-state index in [-0.39, 0.29) is 5.91 Å². The summed E-state index contributed by atoms with van der Waals surface area (Å²) in [5, 5.41) is 16.4. The molecule has 0 unspecified atom stereocenters. The maximum Gasteiger partial charge on any atom is 0.277 e. The lowest BCUT2D eigenvalue weighted by atomic mass is 10.3. The number of aromatic nitrogens is 3. The van der Waals surface area contributed by atoms with Crippen molar-refractivity contribution in [3.63, 3.8) is 0 Å². The van der Waals surface area contributed by atoms with Crippen molar-refractivity contribution in [3.8, 4) is 0 Å². The fourth-order valence-electron chi connectivity index (χ4n) is 1.87. The molecule has 3 rings (SSSR count).